The van der Waals surface area contributed by atoms with Crippen molar-refractivity contribution in [3.05, 3.63) is 0 Å². The molecule has 2 aromatic rings. The number of nitrogens with one attached hydrogen (secondary N) is 6. The lowest BCUT2D eigenvalue weighted by molar-refractivity contribution is 0.000698. The molecule has 0 unspecified atom stereocenters. The number of aromatic nitrogens is 6. The quantitative estimate of drug-likeness (QED) is 0.0345. The van der Waals surface area contributed by atoms with E-state index in [1.54, 1.807) is 0 Å². The van der Waals surface area contributed by atoms with Gasteiger partial charge in [0.15, 0.2) is 0 Å². The maximum absolute atomic E-state index is 6.31. The first-order valence-electron chi connectivity index (χ1n) is 29.9. The Morgan fingerprint density at radius 2 is 0.577 bits per heavy atom. The molecule has 2 fully saturated rings. The van der Waals surface area contributed by atoms with Crippen LogP contribution in [-0.2, 0) is 14.2 Å². The molecule has 408 valence electrons. The van der Waals surface area contributed by atoms with Gasteiger partial charge in [-0.1, -0.05) is 156 Å². The van der Waals surface area contributed by atoms with Crippen LogP contribution >= 0.6 is 0 Å². The van der Waals surface area contributed by atoms with Gasteiger partial charge in [0.1, 0.15) is 0 Å². The third kappa shape index (κ3) is 29.9. The lowest BCUT2D eigenvalue weighted by Crippen LogP contribution is -2.31. The highest BCUT2D eigenvalue weighted by atomic mass is 16.5. The number of hydrogen-bond donors (Lipinski definition) is 6. The Kier molecular flexibility index (Phi) is 34.9. The number of rotatable bonds is 46. The zero-order valence-corrected chi connectivity index (χ0v) is 45.9. The molecule has 0 atom stereocenters. The van der Waals surface area contributed by atoms with Gasteiger partial charge in [-0.3, -0.25) is 0 Å². The predicted molar refractivity (Wildman–Crippen MR) is 298 cm³/mol. The van der Waals surface area contributed by atoms with Crippen LogP contribution in [0.25, 0.3) is 0 Å². The molecule has 0 saturated heterocycles. The van der Waals surface area contributed by atoms with Gasteiger partial charge in [0.2, 0.25) is 35.7 Å². The van der Waals surface area contributed by atoms with E-state index in [-0.39, 0.29) is 0 Å². The van der Waals surface area contributed by atoms with Crippen LogP contribution in [0.5, 0.6) is 0 Å². The van der Waals surface area contributed by atoms with Gasteiger partial charge in [0.05, 0.1) is 12.2 Å². The van der Waals surface area contributed by atoms with Gasteiger partial charge in [0, 0.05) is 64.7 Å². The topological polar surface area (TPSA) is 177 Å². The van der Waals surface area contributed by atoms with Crippen LogP contribution in [0.15, 0.2) is 0 Å². The minimum atomic E-state index is 0.301. The Bertz CT molecular complexity index is 1360. The van der Waals surface area contributed by atoms with E-state index in [1.165, 1.54) is 128 Å². The van der Waals surface area contributed by atoms with E-state index in [2.05, 4.69) is 59.6 Å². The molecule has 2 aliphatic rings. The summed E-state index contributed by atoms with van der Waals surface area (Å²) in [6.07, 6.45) is 41.2. The number of unbranched alkanes of at least 4 members (excludes halogenated alkanes) is 20. The molecule has 4 rings (SSSR count). The zero-order valence-electron chi connectivity index (χ0n) is 45.9. The number of anilines is 6. The van der Waals surface area contributed by atoms with Crippen molar-refractivity contribution in [1.82, 2.24) is 29.9 Å². The van der Waals surface area contributed by atoms with Crippen LogP contribution in [0.2, 0.25) is 0 Å². The van der Waals surface area contributed by atoms with Gasteiger partial charge < -0.3 is 46.1 Å². The minimum absolute atomic E-state index is 0.301. The number of ether oxygens (including phenoxy) is 3. The SMILES string of the molecule is CCCCCCCCNc1nc(NCCCCCCCC)nc(NC2CCC(OCCCOCCCOC3CCC(Nc4nc(NCCCCCCCC)nc(NCCCCCCCC)n4)CC3)CC2)n1. The molecule has 15 nitrogen and oxygen atoms in total. The fourth-order valence-corrected chi connectivity index (χ4v) is 9.66. The van der Waals surface area contributed by atoms with Crippen molar-refractivity contribution < 1.29 is 14.2 Å². The highest BCUT2D eigenvalue weighted by Crippen LogP contribution is 2.26. The Morgan fingerprint density at radius 1 is 0.310 bits per heavy atom. The van der Waals surface area contributed by atoms with Gasteiger partial charge in [-0.2, -0.15) is 29.9 Å². The van der Waals surface area contributed by atoms with Gasteiger partial charge >= 0.3 is 0 Å². The zero-order chi connectivity index (χ0) is 50.1. The molecular weight excluding hydrogens is 889 g/mol. The van der Waals surface area contributed by atoms with E-state index in [0.29, 0.717) is 60.0 Å². The van der Waals surface area contributed by atoms with Crippen molar-refractivity contribution in [2.24, 2.45) is 0 Å². The van der Waals surface area contributed by atoms with Gasteiger partial charge in [-0.15, -0.1) is 0 Å². The highest BCUT2D eigenvalue weighted by Gasteiger charge is 2.24. The molecule has 2 heterocycles. The predicted octanol–water partition coefficient (Wildman–Crippen LogP) is 14.1. The first-order valence-corrected chi connectivity index (χ1v) is 29.9. The number of hydrogen-bond acceptors (Lipinski definition) is 15. The first kappa shape index (κ1) is 60.3. The van der Waals surface area contributed by atoms with Crippen molar-refractivity contribution in [1.29, 1.82) is 0 Å². The average molecular weight is 996 g/mol. The van der Waals surface area contributed by atoms with E-state index >= 15 is 0 Å². The second-order valence-corrected chi connectivity index (χ2v) is 20.7. The molecule has 0 aliphatic heterocycles. The van der Waals surface area contributed by atoms with Crippen molar-refractivity contribution in [2.45, 2.75) is 270 Å². The Hall–Kier alpha value is -3.30. The lowest BCUT2D eigenvalue weighted by Gasteiger charge is -2.29. The largest absolute Gasteiger partial charge is 0.381 e. The van der Waals surface area contributed by atoms with Crippen LogP contribution in [-0.4, -0.2) is 107 Å². The van der Waals surface area contributed by atoms with Gasteiger partial charge in [-0.05, 0) is 89.9 Å². The second kappa shape index (κ2) is 41.1. The smallest absolute Gasteiger partial charge is 0.229 e. The number of nitrogens with zero attached hydrogens (tertiary/aromatic N) is 6. The fraction of sp³-hybridized carbons (Fsp3) is 0.893. The molecule has 2 saturated carbocycles. The summed E-state index contributed by atoms with van der Waals surface area (Å²) in [5.74, 6) is 4.00. The monoisotopic (exact) mass is 995 g/mol. The molecule has 2 aliphatic carbocycles. The maximum Gasteiger partial charge on any atom is 0.229 e. The van der Waals surface area contributed by atoms with Crippen LogP contribution < -0.4 is 31.9 Å². The molecule has 0 radical (unpaired) electrons. The second-order valence-electron chi connectivity index (χ2n) is 20.7. The van der Waals surface area contributed by atoms with E-state index in [4.69, 9.17) is 44.1 Å². The van der Waals surface area contributed by atoms with Crippen molar-refractivity contribution >= 4 is 35.7 Å². The van der Waals surface area contributed by atoms with Crippen LogP contribution in [0.3, 0.4) is 0 Å². The normalized spacial score (nSPS) is 18.1. The summed E-state index contributed by atoms with van der Waals surface area (Å²) in [7, 11) is 0. The molecule has 71 heavy (non-hydrogen) atoms. The lowest BCUT2D eigenvalue weighted by atomic mass is 9.93. The summed E-state index contributed by atoms with van der Waals surface area (Å²) < 4.78 is 18.6. The molecule has 15 heteroatoms. The summed E-state index contributed by atoms with van der Waals surface area (Å²) in [6.45, 7) is 15.5. The molecule has 0 bridgehead atoms. The molecule has 0 amide bonds. The van der Waals surface area contributed by atoms with Crippen molar-refractivity contribution in [2.75, 3.05) is 84.5 Å². The van der Waals surface area contributed by atoms with Gasteiger partial charge in [-0.25, -0.2) is 0 Å². The maximum atomic E-state index is 6.31. The van der Waals surface area contributed by atoms with E-state index in [1.807, 2.05) is 0 Å². The molecule has 0 aromatic carbocycles. The minimum Gasteiger partial charge on any atom is -0.381 e. The van der Waals surface area contributed by atoms with Crippen LogP contribution in [0, 0.1) is 0 Å². The van der Waals surface area contributed by atoms with E-state index in [0.717, 1.165) is 142 Å². The first-order chi connectivity index (χ1) is 35.1. The van der Waals surface area contributed by atoms with Crippen LogP contribution in [0.4, 0.5) is 35.7 Å². The van der Waals surface area contributed by atoms with Crippen molar-refractivity contribution in [3.8, 4) is 0 Å². The Morgan fingerprint density at radius 3 is 0.873 bits per heavy atom. The summed E-state index contributed by atoms with van der Waals surface area (Å²) in [6, 6.07) is 0.667. The summed E-state index contributed by atoms with van der Waals surface area (Å²) in [5, 5.41) is 21.2. The van der Waals surface area contributed by atoms with Crippen molar-refractivity contribution in [3.63, 3.8) is 0 Å². The molecular formula is C56H106N12O3. The Labute approximate surface area is 433 Å². The third-order valence-electron chi connectivity index (χ3n) is 14.1. The van der Waals surface area contributed by atoms with E-state index < -0.39 is 0 Å². The average Bonchev–Trinajstić information content (AvgIpc) is 3.38. The summed E-state index contributed by atoms with van der Waals surface area (Å²) in [4.78, 5) is 28.6. The fourth-order valence-electron chi connectivity index (χ4n) is 9.66. The molecule has 6 N–H and O–H groups in total. The van der Waals surface area contributed by atoms with E-state index in [9.17, 15) is 0 Å². The molecule has 2 aromatic heterocycles. The third-order valence-corrected chi connectivity index (χ3v) is 14.1. The highest BCUT2D eigenvalue weighted by molar-refractivity contribution is 5.44. The van der Waals surface area contributed by atoms with Crippen LogP contribution in [0.1, 0.15) is 246 Å². The van der Waals surface area contributed by atoms with Gasteiger partial charge in [0.25, 0.3) is 0 Å². The summed E-state index contributed by atoms with van der Waals surface area (Å²) in [5.41, 5.74) is 0. The summed E-state index contributed by atoms with van der Waals surface area (Å²) >= 11 is 0. The molecule has 0 spiro atoms. The standard InChI is InChI=1S/C56H106N12O3/c1-5-9-13-17-21-25-39-57-51-63-52(58-40-26-22-18-14-10-6-2)66-55(65-51)61-47-31-35-49(36-32-47)70-45-29-43-69-44-30-46-71-50-37-33-48(34-38-50)62-56-67-53(59-41-27-23-19-15-11-7-3)64-54(68-56)60-42-28-24-20-16-12-8-4/h47-50H,5-46H2,1-4H3,(H3,57,58,61,63,65,66)(H3,59,60,62,64,67,68). The Balaban J connectivity index is 1.05.